The molecule has 2 rings (SSSR count). The van der Waals surface area contributed by atoms with Crippen molar-refractivity contribution in [2.75, 3.05) is 5.43 Å². The Balaban J connectivity index is 2.43. The van der Waals surface area contributed by atoms with Gasteiger partial charge in [-0.05, 0) is 18.2 Å². The summed E-state index contributed by atoms with van der Waals surface area (Å²) in [6.45, 7) is 0. The highest BCUT2D eigenvalue weighted by molar-refractivity contribution is 5.61. The number of aromatic nitrogens is 2. The summed E-state index contributed by atoms with van der Waals surface area (Å²) in [5.74, 6) is 4.96. The van der Waals surface area contributed by atoms with Gasteiger partial charge in [-0.3, -0.25) is 10.1 Å². The summed E-state index contributed by atoms with van der Waals surface area (Å²) in [5.41, 5.74) is 1.97. The topological polar surface area (TPSA) is 140 Å². The molecule has 1 aromatic carbocycles. The largest absolute Gasteiger partial charge is 0.433 e. The number of hydrazine groups is 1. The first-order valence-electron chi connectivity index (χ1n) is 5.29. The van der Waals surface area contributed by atoms with Gasteiger partial charge in [0.1, 0.15) is 12.1 Å². The number of nitrogen functional groups attached to an aromatic ring is 1. The van der Waals surface area contributed by atoms with Crippen molar-refractivity contribution >= 4 is 11.5 Å². The molecule has 9 nitrogen and oxygen atoms in total. The maximum Gasteiger partial charge on any atom is 0.374 e. The molecule has 0 fully saturated rings. The summed E-state index contributed by atoms with van der Waals surface area (Å²) in [7, 11) is 0. The van der Waals surface area contributed by atoms with E-state index < -0.39 is 10.6 Å². The standard InChI is InChI=1S/C11H8N6O3/c12-5-7-2-1-3-8(4-7)20-11-9(17(18)19)10(16-13)14-6-15-11/h1-4,6H,13H2,(H,14,15,16). The molecule has 0 aliphatic heterocycles. The Morgan fingerprint density at radius 1 is 1.45 bits per heavy atom. The minimum Gasteiger partial charge on any atom is -0.433 e. The predicted octanol–water partition coefficient (Wildman–Crippen LogP) is 1.33. The highest BCUT2D eigenvalue weighted by Crippen LogP contribution is 2.33. The van der Waals surface area contributed by atoms with Crippen LogP contribution in [0, 0.1) is 21.4 Å². The third-order valence-electron chi connectivity index (χ3n) is 2.29. The number of ether oxygens (including phenoxy) is 1. The first kappa shape index (κ1) is 13.2. The predicted molar refractivity (Wildman–Crippen MR) is 67.7 cm³/mol. The molecule has 9 heteroatoms. The molecular formula is C11H8N6O3. The van der Waals surface area contributed by atoms with E-state index in [1.54, 1.807) is 18.2 Å². The van der Waals surface area contributed by atoms with Crippen LogP contribution in [0.3, 0.4) is 0 Å². The summed E-state index contributed by atoms with van der Waals surface area (Å²) in [5, 5.41) is 19.8. The van der Waals surface area contributed by atoms with Gasteiger partial charge >= 0.3 is 11.6 Å². The zero-order valence-electron chi connectivity index (χ0n) is 9.98. The fourth-order valence-electron chi connectivity index (χ4n) is 1.45. The summed E-state index contributed by atoms with van der Waals surface area (Å²) >= 11 is 0. The number of nitriles is 1. The van der Waals surface area contributed by atoms with Crippen LogP contribution >= 0.6 is 0 Å². The van der Waals surface area contributed by atoms with E-state index in [0.29, 0.717) is 5.56 Å². The van der Waals surface area contributed by atoms with Crippen molar-refractivity contribution in [2.45, 2.75) is 0 Å². The molecular weight excluding hydrogens is 264 g/mol. The lowest BCUT2D eigenvalue weighted by Gasteiger charge is -2.07. The van der Waals surface area contributed by atoms with E-state index in [0.717, 1.165) is 6.33 Å². The Kier molecular flexibility index (Phi) is 3.69. The molecule has 1 heterocycles. The van der Waals surface area contributed by atoms with E-state index in [9.17, 15) is 10.1 Å². The second-order valence-electron chi connectivity index (χ2n) is 3.52. The third-order valence-corrected chi connectivity index (χ3v) is 2.29. The molecule has 100 valence electrons. The van der Waals surface area contributed by atoms with Crippen molar-refractivity contribution in [2.24, 2.45) is 5.84 Å². The SMILES string of the molecule is N#Cc1cccc(Oc2ncnc(NN)c2[N+](=O)[O-])c1. The highest BCUT2D eigenvalue weighted by atomic mass is 16.6. The molecule has 0 unspecified atom stereocenters. The van der Waals surface area contributed by atoms with Gasteiger partial charge in [-0.2, -0.15) is 10.2 Å². The van der Waals surface area contributed by atoms with Gasteiger partial charge in [0.05, 0.1) is 16.6 Å². The van der Waals surface area contributed by atoms with Crippen LogP contribution in [0.1, 0.15) is 5.56 Å². The summed E-state index contributed by atoms with van der Waals surface area (Å²) in [6.07, 6.45) is 1.08. The van der Waals surface area contributed by atoms with E-state index in [1.807, 2.05) is 6.07 Å². The zero-order valence-corrected chi connectivity index (χ0v) is 9.98. The van der Waals surface area contributed by atoms with Gasteiger partial charge in [0, 0.05) is 0 Å². The first-order valence-corrected chi connectivity index (χ1v) is 5.29. The van der Waals surface area contributed by atoms with Gasteiger partial charge in [-0.15, -0.1) is 0 Å². The molecule has 0 saturated heterocycles. The summed E-state index contributed by atoms with van der Waals surface area (Å²) in [6, 6.07) is 8.07. The van der Waals surface area contributed by atoms with Crippen LogP contribution in [0.15, 0.2) is 30.6 Å². The summed E-state index contributed by atoms with van der Waals surface area (Å²) in [4.78, 5) is 17.6. The molecule has 3 N–H and O–H groups in total. The number of nitrogens with one attached hydrogen (secondary N) is 1. The van der Waals surface area contributed by atoms with Crippen molar-refractivity contribution in [3.63, 3.8) is 0 Å². The number of benzene rings is 1. The monoisotopic (exact) mass is 272 g/mol. The molecule has 2 aromatic rings. The quantitative estimate of drug-likeness (QED) is 0.482. The molecule has 0 atom stereocenters. The second kappa shape index (κ2) is 5.59. The van der Waals surface area contributed by atoms with Crippen LogP contribution in [0.5, 0.6) is 11.6 Å². The van der Waals surface area contributed by atoms with Crippen LogP contribution in [0.25, 0.3) is 0 Å². The summed E-state index contributed by atoms with van der Waals surface area (Å²) < 4.78 is 5.32. The lowest BCUT2D eigenvalue weighted by Crippen LogP contribution is -2.12. The van der Waals surface area contributed by atoms with E-state index in [2.05, 4.69) is 15.4 Å². The normalized spacial score (nSPS) is 9.60. The van der Waals surface area contributed by atoms with Crippen molar-refractivity contribution in [1.82, 2.24) is 9.97 Å². The Morgan fingerprint density at radius 2 is 2.25 bits per heavy atom. The van der Waals surface area contributed by atoms with Crippen LogP contribution < -0.4 is 16.0 Å². The van der Waals surface area contributed by atoms with Crippen LogP contribution in [-0.2, 0) is 0 Å². The molecule has 0 saturated carbocycles. The van der Waals surface area contributed by atoms with Gasteiger partial charge < -0.3 is 10.2 Å². The maximum absolute atomic E-state index is 11.0. The maximum atomic E-state index is 11.0. The molecule has 0 aliphatic rings. The Bertz CT molecular complexity index is 697. The molecule has 0 amide bonds. The van der Waals surface area contributed by atoms with Gasteiger partial charge in [-0.25, -0.2) is 10.8 Å². The molecule has 20 heavy (non-hydrogen) atoms. The van der Waals surface area contributed by atoms with Crippen LogP contribution in [0.2, 0.25) is 0 Å². The van der Waals surface area contributed by atoms with Crippen molar-refractivity contribution < 1.29 is 9.66 Å². The highest BCUT2D eigenvalue weighted by Gasteiger charge is 2.24. The first-order chi connectivity index (χ1) is 9.65. The van der Waals surface area contributed by atoms with E-state index in [-0.39, 0.29) is 17.4 Å². The third kappa shape index (κ3) is 2.60. The van der Waals surface area contributed by atoms with Crippen LogP contribution in [-0.4, -0.2) is 14.9 Å². The Morgan fingerprint density at radius 3 is 2.90 bits per heavy atom. The van der Waals surface area contributed by atoms with Crippen LogP contribution in [0.4, 0.5) is 11.5 Å². The van der Waals surface area contributed by atoms with Gasteiger partial charge in [0.25, 0.3) is 0 Å². The molecule has 0 aliphatic carbocycles. The van der Waals surface area contributed by atoms with E-state index in [1.165, 1.54) is 6.07 Å². The minimum absolute atomic E-state index is 0.170. The Labute approximate surface area is 112 Å². The van der Waals surface area contributed by atoms with Gasteiger partial charge in [0.2, 0.25) is 5.82 Å². The molecule has 0 spiro atoms. The fraction of sp³-hybridized carbons (Fsp3) is 0. The van der Waals surface area contributed by atoms with Crippen molar-refractivity contribution in [3.05, 3.63) is 46.3 Å². The number of nitro groups is 1. The van der Waals surface area contributed by atoms with Crippen molar-refractivity contribution in [3.8, 4) is 17.7 Å². The number of hydrogen-bond acceptors (Lipinski definition) is 8. The van der Waals surface area contributed by atoms with Gasteiger partial charge in [0.15, 0.2) is 0 Å². The lowest BCUT2D eigenvalue weighted by molar-refractivity contribution is -0.385. The van der Waals surface area contributed by atoms with E-state index >= 15 is 0 Å². The number of anilines is 1. The van der Waals surface area contributed by atoms with Gasteiger partial charge in [-0.1, -0.05) is 6.07 Å². The fourth-order valence-corrected chi connectivity index (χ4v) is 1.45. The number of nitrogens with two attached hydrogens (primary N) is 1. The molecule has 0 radical (unpaired) electrons. The number of hydrogen-bond donors (Lipinski definition) is 2. The second-order valence-corrected chi connectivity index (χ2v) is 3.52. The Hall–Kier alpha value is -3.25. The lowest BCUT2D eigenvalue weighted by atomic mass is 10.2. The number of rotatable bonds is 4. The minimum atomic E-state index is -0.710. The molecule has 1 aromatic heterocycles. The number of nitrogens with zero attached hydrogens (tertiary/aromatic N) is 4. The molecule has 0 bridgehead atoms. The van der Waals surface area contributed by atoms with Crippen molar-refractivity contribution in [1.29, 1.82) is 5.26 Å². The smallest absolute Gasteiger partial charge is 0.374 e. The average molecular weight is 272 g/mol. The van der Waals surface area contributed by atoms with E-state index in [4.69, 9.17) is 15.8 Å². The average Bonchev–Trinajstić information content (AvgIpc) is 2.46. The zero-order chi connectivity index (χ0) is 14.5.